The second-order valence-corrected chi connectivity index (χ2v) is 6.51. The van der Waals surface area contributed by atoms with Crippen molar-refractivity contribution in [2.75, 3.05) is 13.7 Å². The van der Waals surface area contributed by atoms with Crippen molar-refractivity contribution in [2.24, 2.45) is 0 Å². The number of nitrogens with one attached hydrogen (secondary N) is 1. The van der Waals surface area contributed by atoms with E-state index in [1.165, 1.54) is 0 Å². The molecular formula is C19H23Cl2NO3. The van der Waals surface area contributed by atoms with Gasteiger partial charge in [0.1, 0.15) is 6.61 Å². The lowest BCUT2D eigenvalue weighted by molar-refractivity contribution is 0.238. The van der Waals surface area contributed by atoms with Gasteiger partial charge in [0, 0.05) is 12.6 Å². The van der Waals surface area contributed by atoms with Gasteiger partial charge in [0.25, 0.3) is 0 Å². The third-order valence-electron chi connectivity index (χ3n) is 3.91. The molecule has 4 nitrogen and oxygen atoms in total. The molecule has 2 aromatic rings. The zero-order valence-electron chi connectivity index (χ0n) is 14.4. The summed E-state index contributed by atoms with van der Waals surface area (Å²) in [6, 6.07) is 11.3. The zero-order valence-corrected chi connectivity index (χ0v) is 15.9. The monoisotopic (exact) mass is 383 g/mol. The molecule has 0 bridgehead atoms. The first-order valence-corrected chi connectivity index (χ1v) is 8.90. The molecule has 0 aliphatic heterocycles. The minimum absolute atomic E-state index is 0.0941. The first-order chi connectivity index (χ1) is 12.1. The molecule has 2 rings (SSSR count). The van der Waals surface area contributed by atoms with Gasteiger partial charge >= 0.3 is 0 Å². The van der Waals surface area contributed by atoms with Crippen LogP contribution in [0.5, 0.6) is 11.5 Å². The fourth-order valence-electron chi connectivity index (χ4n) is 2.33. The summed E-state index contributed by atoms with van der Waals surface area (Å²) >= 11 is 11.9. The first-order valence-electron chi connectivity index (χ1n) is 8.15. The van der Waals surface area contributed by atoms with Crippen molar-refractivity contribution in [3.8, 4) is 11.5 Å². The smallest absolute Gasteiger partial charge is 0.161 e. The average molecular weight is 384 g/mol. The minimum atomic E-state index is 0.0941. The molecule has 0 saturated carbocycles. The van der Waals surface area contributed by atoms with E-state index in [0.717, 1.165) is 17.5 Å². The summed E-state index contributed by atoms with van der Waals surface area (Å²) in [4.78, 5) is 0. The van der Waals surface area contributed by atoms with Crippen LogP contribution >= 0.6 is 23.2 Å². The highest BCUT2D eigenvalue weighted by molar-refractivity contribution is 6.42. The van der Waals surface area contributed by atoms with Crippen LogP contribution < -0.4 is 14.8 Å². The van der Waals surface area contributed by atoms with Gasteiger partial charge < -0.3 is 19.9 Å². The molecule has 0 aliphatic carbocycles. The van der Waals surface area contributed by atoms with Crippen LogP contribution in [-0.4, -0.2) is 24.9 Å². The molecule has 0 radical (unpaired) electrons. The molecule has 0 fully saturated rings. The van der Waals surface area contributed by atoms with Gasteiger partial charge in [-0.25, -0.2) is 0 Å². The van der Waals surface area contributed by atoms with Crippen LogP contribution in [0, 0.1) is 0 Å². The Morgan fingerprint density at radius 1 is 1.04 bits per heavy atom. The molecule has 0 saturated heterocycles. The third kappa shape index (κ3) is 5.79. The van der Waals surface area contributed by atoms with E-state index in [2.05, 4.69) is 5.32 Å². The quantitative estimate of drug-likeness (QED) is 0.671. The highest BCUT2D eigenvalue weighted by Crippen LogP contribution is 2.30. The van der Waals surface area contributed by atoms with Crippen LogP contribution in [0.1, 0.15) is 24.5 Å². The van der Waals surface area contributed by atoms with Gasteiger partial charge in [-0.1, -0.05) is 42.3 Å². The maximum atomic E-state index is 9.24. The van der Waals surface area contributed by atoms with E-state index in [1.54, 1.807) is 19.2 Å². The van der Waals surface area contributed by atoms with Crippen molar-refractivity contribution in [1.29, 1.82) is 0 Å². The molecule has 0 spiro atoms. The van der Waals surface area contributed by atoms with Crippen molar-refractivity contribution in [2.45, 2.75) is 32.5 Å². The Morgan fingerprint density at radius 3 is 2.44 bits per heavy atom. The van der Waals surface area contributed by atoms with Gasteiger partial charge in [-0.05, 0) is 41.8 Å². The maximum Gasteiger partial charge on any atom is 0.161 e. The summed E-state index contributed by atoms with van der Waals surface area (Å²) in [5.74, 6) is 1.32. The van der Waals surface area contributed by atoms with Gasteiger partial charge in [-0.2, -0.15) is 0 Å². The van der Waals surface area contributed by atoms with Crippen LogP contribution in [-0.2, 0) is 13.2 Å². The number of aliphatic hydroxyl groups excluding tert-OH is 1. The fourth-order valence-corrected chi connectivity index (χ4v) is 2.65. The van der Waals surface area contributed by atoms with Crippen molar-refractivity contribution < 1.29 is 14.6 Å². The number of benzene rings is 2. The minimum Gasteiger partial charge on any atom is -0.493 e. The van der Waals surface area contributed by atoms with E-state index in [-0.39, 0.29) is 12.6 Å². The summed E-state index contributed by atoms with van der Waals surface area (Å²) in [6.45, 7) is 3.18. The van der Waals surface area contributed by atoms with Crippen molar-refractivity contribution in [3.63, 3.8) is 0 Å². The molecule has 2 aromatic carbocycles. The van der Waals surface area contributed by atoms with E-state index in [4.69, 9.17) is 32.7 Å². The first kappa shape index (κ1) is 19.9. The van der Waals surface area contributed by atoms with Crippen LogP contribution in [0.2, 0.25) is 10.0 Å². The second kappa shape index (κ2) is 9.88. The Balaban J connectivity index is 2.01. The topological polar surface area (TPSA) is 50.7 Å². The molecule has 25 heavy (non-hydrogen) atoms. The highest BCUT2D eigenvalue weighted by atomic mass is 35.5. The van der Waals surface area contributed by atoms with Crippen molar-refractivity contribution in [1.82, 2.24) is 5.32 Å². The van der Waals surface area contributed by atoms with Gasteiger partial charge in [-0.15, -0.1) is 0 Å². The standard InChI is InChI=1S/C19H23Cl2NO3/c1-3-15(11-23)22-10-13-5-7-18(19(9-13)24-2)25-12-14-4-6-16(20)17(21)8-14/h4-9,15,22-23H,3,10-12H2,1-2H3. The largest absolute Gasteiger partial charge is 0.493 e. The molecule has 6 heteroatoms. The molecule has 0 amide bonds. The Kier molecular flexibility index (Phi) is 7.85. The number of halogens is 2. The predicted molar refractivity (Wildman–Crippen MR) is 102 cm³/mol. The molecule has 1 atom stereocenters. The van der Waals surface area contributed by atoms with Crippen molar-refractivity contribution in [3.05, 3.63) is 57.6 Å². The van der Waals surface area contributed by atoms with Crippen molar-refractivity contribution >= 4 is 23.2 Å². The van der Waals surface area contributed by atoms with Crippen LogP contribution in [0.4, 0.5) is 0 Å². The third-order valence-corrected chi connectivity index (χ3v) is 4.65. The molecule has 0 heterocycles. The number of rotatable bonds is 9. The zero-order chi connectivity index (χ0) is 18.2. The number of hydrogen-bond donors (Lipinski definition) is 2. The molecular weight excluding hydrogens is 361 g/mol. The average Bonchev–Trinajstić information content (AvgIpc) is 2.64. The summed E-state index contributed by atoms with van der Waals surface area (Å²) < 4.78 is 11.3. The lowest BCUT2D eigenvalue weighted by Gasteiger charge is -2.16. The lowest BCUT2D eigenvalue weighted by atomic mass is 10.1. The summed E-state index contributed by atoms with van der Waals surface area (Å²) in [7, 11) is 1.61. The Labute approximate surface area is 158 Å². The van der Waals surface area contributed by atoms with E-state index >= 15 is 0 Å². The fraction of sp³-hybridized carbons (Fsp3) is 0.368. The summed E-state index contributed by atoms with van der Waals surface area (Å²) in [5.41, 5.74) is 1.99. The second-order valence-electron chi connectivity index (χ2n) is 5.69. The Hall–Kier alpha value is -1.46. The van der Waals surface area contributed by atoms with Gasteiger partial charge in [0.15, 0.2) is 11.5 Å². The normalized spacial score (nSPS) is 12.0. The van der Waals surface area contributed by atoms with E-state index < -0.39 is 0 Å². The SMILES string of the molecule is CCC(CO)NCc1ccc(OCc2ccc(Cl)c(Cl)c2)c(OC)c1. The Morgan fingerprint density at radius 2 is 1.80 bits per heavy atom. The van der Waals surface area contributed by atoms with Crippen LogP contribution in [0.3, 0.4) is 0 Å². The highest BCUT2D eigenvalue weighted by Gasteiger charge is 2.09. The molecule has 0 aromatic heterocycles. The van der Waals surface area contributed by atoms with E-state index in [1.807, 2.05) is 31.2 Å². The van der Waals surface area contributed by atoms with E-state index in [0.29, 0.717) is 34.7 Å². The van der Waals surface area contributed by atoms with Gasteiger partial charge in [0.2, 0.25) is 0 Å². The van der Waals surface area contributed by atoms with Gasteiger partial charge in [0.05, 0.1) is 23.8 Å². The molecule has 0 aliphatic rings. The van der Waals surface area contributed by atoms with Gasteiger partial charge in [-0.3, -0.25) is 0 Å². The molecule has 136 valence electrons. The number of methoxy groups -OCH3 is 1. The molecule has 1 unspecified atom stereocenters. The molecule has 2 N–H and O–H groups in total. The van der Waals surface area contributed by atoms with E-state index in [9.17, 15) is 5.11 Å². The lowest BCUT2D eigenvalue weighted by Crippen LogP contribution is -2.31. The summed E-state index contributed by atoms with van der Waals surface area (Å²) in [5, 5.41) is 13.6. The Bertz CT molecular complexity index is 690. The maximum absolute atomic E-state index is 9.24. The number of aliphatic hydroxyl groups is 1. The summed E-state index contributed by atoms with van der Waals surface area (Å²) in [6.07, 6.45) is 0.873. The number of ether oxygens (including phenoxy) is 2. The predicted octanol–water partition coefficient (Wildman–Crippen LogP) is 4.44. The van der Waals surface area contributed by atoms with Crippen LogP contribution in [0.15, 0.2) is 36.4 Å². The van der Waals surface area contributed by atoms with Crippen LogP contribution in [0.25, 0.3) is 0 Å². The number of hydrogen-bond acceptors (Lipinski definition) is 4.